The molecule has 0 aliphatic carbocycles. The Kier molecular flexibility index (Phi) is 7.47. The molecule has 3 nitrogen and oxygen atoms in total. The fraction of sp³-hybridized carbons (Fsp3) is 0.400. The summed E-state index contributed by atoms with van der Waals surface area (Å²) in [5, 5.41) is 3.48. The Bertz CT molecular complexity index is 569. The molecule has 0 aliphatic rings. The molecular formula is C20H27NO2. The Hall–Kier alpha value is -2.00. The van der Waals surface area contributed by atoms with Crippen LogP contribution in [0.1, 0.15) is 37.8 Å². The molecule has 1 N–H and O–H groups in total. The van der Waals surface area contributed by atoms with Crippen molar-refractivity contribution in [3.63, 3.8) is 0 Å². The predicted octanol–water partition coefficient (Wildman–Crippen LogP) is 4.55. The first-order chi connectivity index (χ1) is 11.3. The second-order valence-corrected chi connectivity index (χ2v) is 5.56. The standard InChI is InChI=1S/C20H27NO2/c1-3-12-22-19-11-10-18(20(14-19)23-13-4-2)16-21-15-17-8-6-5-7-9-17/h5-11,14,21H,3-4,12-13,15-16H2,1-2H3. The zero-order chi connectivity index (χ0) is 16.3. The smallest absolute Gasteiger partial charge is 0.127 e. The Morgan fingerprint density at radius 1 is 0.826 bits per heavy atom. The lowest BCUT2D eigenvalue weighted by molar-refractivity contribution is 0.299. The third-order valence-electron chi connectivity index (χ3n) is 3.46. The van der Waals surface area contributed by atoms with Gasteiger partial charge in [0, 0.05) is 24.7 Å². The van der Waals surface area contributed by atoms with Crippen LogP contribution in [-0.2, 0) is 13.1 Å². The molecule has 0 spiro atoms. The number of hydrogen-bond acceptors (Lipinski definition) is 3. The van der Waals surface area contributed by atoms with Gasteiger partial charge in [0.2, 0.25) is 0 Å². The summed E-state index contributed by atoms with van der Waals surface area (Å²) in [6, 6.07) is 16.5. The van der Waals surface area contributed by atoms with E-state index >= 15 is 0 Å². The molecule has 0 amide bonds. The summed E-state index contributed by atoms with van der Waals surface area (Å²) in [4.78, 5) is 0. The van der Waals surface area contributed by atoms with Crippen molar-refractivity contribution in [3.05, 3.63) is 59.7 Å². The number of rotatable bonds is 10. The van der Waals surface area contributed by atoms with Gasteiger partial charge in [0.05, 0.1) is 13.2 Å². The highest BCUT2D eigenvalue weighted by Crippen LogP contribution is 2.25. The molecule has 3 heteroatoms. The summed E-state index contributed by atoms with van der Waals surface area (Å²) in [5.74, 6) is 1.80. The second-order valence-electron chi connectivity index (χ2n) is 5.56. The van der Waals surface area contributed by atoms with Crippen LogP contribution in [0.4, 0.5) is 0 Å². The highest BCUT2D eigenvalue weighted by atomic mass is 16.5. The van der Waals surface area contributed by atoms with Crippen molar-refractivity contribution in [2.24, 2.45) is 0 Å². The molecule has 23 heavy (non-hydrogen) atoms. The van der Waals surface area contributed by atoms with Crippen molar-refractivity contribution in [1.29, 1.82) is 0 Å². The van der Waals surface area contributed by atoms with Crippen LogP contribution in [0, 0.1) is 0 Å². The highest BCUT2D eigenvalue weighted by Gasteiger charge is 2.06. The molecule has 0 heterocycles. The van der Waals surface area contributed by atoms with Crippen molar-refractivity contribution < 1.29 is 9.47 Å². The Morgan fingerprint density at radius 3 is 2.30 bits per heavy atom. The highest BCUT2D eigenvalue weighted by molar-refractivity contribution is 5.40. The van der Waals surface area contributed by atoms with Gasteiger partial charge < -0.3 is 14.8 Å². The lowest BCUT2D eigenvalue weighted by Gasteiger charge is -2.14. The Balaban J connectivity index is 1.97. The number of nitrogens with one attached hydrogen (secondary N) is 1. The Morgan fingerprint density at radius 2 is 1.57 bits per heavy atom. The summed E-state index contributed by atoms with van der Waals surface area (Å²) in [5.41, 5.74) is 2.45. The third-order valence-corrected chi connectivity index (χ3v) is 3.46. The Labute approximate surface area is 139 Å². The number of benzene rings is 2. The predicted molar refractivity (Wildman–Crippen MR) is 95.0 cm³/mol. The van der Waals surface area contributed by atoms with Gasteiger partial charge >= 0.3 is 0 Å². The molecule has 124 valence electrons. The summed E-state index contributed by atoms with van der Waals surface area (Å²) in [6.07, 6.45) is 2.00. The SMILES string of the molecule is CCCOc1ccc(CNCc2ccccc2)c(OCCC)c1. The van der Waals surface area contributed by atoms with Gasteiger partial charge in [-0.1, -0.05) is 50.2 Å². The van der Waals surface area contributed by atoms with E-state index < -0.39 is 0 Å². The molecule has 0 fully saturated rings. The van der Waals surface area contributed by atoms with E-state index in [1.807, 2.05) is 18.2 Å². The summed E-state index contributed by atoms with van der Waals surface area (Å²) >= 11 is 0. The number of ether oxygens (including phenoxy) is 2. The average molecular weight is 313 g/mol. The van der Waals surface area contributed by atoms with Gasteiger partial charge in [0.15, 0.2) is 0 Å². The van der Waals surface area contributed by atoms with Gasteiger partial charge in [0.1, 0.15) is 11.5 Å². The maximum absolute atomic E-state index is 5.89. The first-order valence-electron chi connectivity index (χ1n) is 8.46. The maximum atomic E-state index is 5.89. The van der Waals surface area contributed by atoms with E-state index in [9.17, 15) is 0 Å². The van der Waals surface area contributed by atoms with Gasteiger partial charge in [-0.25, -0.2) is 0 Å². The minimum absolute atomic E-state index is 0.725. The first-order valence-corrected chi connectivity index (χ1v) is 8.46. The summed E-state index contributed by atoms with van der Waals surface area (Å²) in [7, 11) is 0. The quantitative estimate of drug-likeness (QED) is 0.698. The van der Waals surface area contributed by atoms with E-state index in [-0.39, 0.29) is 0 Å². The molecule has 0 atom stereocenters. The topological polar surface area (TPSA) is 30.5 Å². The van der Waals surface area contributed by atoms with Crippen LogP contribution < -0.4 is 14.8 Å². The van der Waals surface area contributed by atoms with Gasteiger partial charge in [-0.3, -0.25) is 0 Å². The van der Waals surface area contributed by atoms with Crippen LogP contribution in [0.25, 0.3) is 0 Å². The average Bonchev–Trinajstić information content (AvgIpc) is 2.60. The van der Waals surface area contributed by atoms with Crippen LogP contribution >= 0.6 is 0 Å². The lowest BCUT2D eigenvalue weighted by Crippen LogP contribution is -2.14. The summed E-state index contributed by atoms with van der Waals surface area (Å²) in [6.45, 7) is 7.31. The van der Waals surface area contributed by atoms with E-state index in [1.165, 1.54) is 11.1 Å². The molecule has 0 radical (unpaired) electrons. The monoisotopic (exact) mass is 313 g/mol. The zero-order valence-electron chi connectivity index (χ0n) is 14.2. The maximum Gasteiger partial charge on any atom is 0.127 e. The third kappa shape index (κ3) is 5.95. The van der Waals surface area contributed by atoms with Crippen LogP contribution in [0.2, 0.25) is 0 Å². The van der Waals surface area contributed by atoms with E-state index in [2.05, 4.69) is 49.5 Å². The molecule has 0 aromatic heterocycles. The van der Waals surface area contributed by atoms with Crippen LogP contribution in [0.5, 0.6) is 11.5 Å². The first kappa shape index (κ1) is 17.4. The summed E-state index contributed by atoms with van der Waals surface area (Å²) < 4.78 is 11.6. The molecule has 2 rings (SSSR count). The minimum atomic E-state index is 0.725. The molecule has 0 saturated heterocycles. The van der Waals surface area contributed by atoms with E-state index in [1.54, 1.807) is 0 Å². The minimum Gasteiger partial charge on any atom is -0.493 e. The van der Waals surface area contributed by atoms with Crippen molar-refractivity contribution in [2.75, 3.05) is 13.2 Å². The van der Waals surface area contributed by atoms with E-state index in [4.69, 9.17) is 9.47 Å². The van der Waals surface area contributed by atoms with Crippen molar-refractivity contribution >= 4 is 0 Å². The van der Waals surface area contributed by atoms with Gasteiger partial charge in [0.25, 0.3) is 0 Å². The van der Waals surface area contributed by atoms with Crippen molar-refractivity contribution in [3.8, 4) is 11.5 Å². The van der Waals surface area contributed by atoms with Gasteiger partial charge in [-0.15, -0.1) is 0 Å². The second kappa shape index (κ2) is 9.90. The van der Waals surface area contributed by atoms with Crippen LogP contribution in [-0.4, -0.2) is 13.2 Å². The normalized spacial score (nSPS) is 10.5. The van der Waals surface area contributed by atoms with E-state index in [0.717, 1.165) is 50.6 Å². The molecule has 0 bridgehead atoms. The largest absolute Gasteiger partial charge is 0.493 e. The molecule has 2 aromatic rings. The fourth-order valence-electron chi connectivity index (χ4n) is 2.27. The van der Waals surface area contributed by atoms with Gasteiger partial charge in [-0.2, -0.15) is 0 Å². The molecule has 0 unspecified atom stereocenters. The van der Waals surface area contributed by atoms with Crippen LogP contribution in [0.3, 0.4) is 0 Å². The van der Waals surface area contributed by atoms with Crippen molar-refractivity contribution in [1.82, 2.24) is 5.32 Å². The lowest BCUT2D eigenvalue weighted by atomic mass is 10.1. The molecular weight excluding hydrogens is 286 g/mol. The van der Waals surface area contributed by atoms with E-state index in [0.29, 0.717) is 0 Å². The molecule has 0 saturated carbocycles. The van der Waals surface area contributed by atoms with Gasteiger partial charge in [-0.05, 0) is 24.5 Å². The van der Waals surface area contributed by atoms with Crippen LogP contribution in [0.15, 0.2) is 48.5 Å². The van der Waals surface area contributed by atoms with Crippen molar-refractivity contribution in [2.45, 2.75) is 39.8 Å². The fourth-order valence-corrected chi connectivity index (χ4v) is 2.27. The molecule has 2 aromatic carbocycles. The zero-order valence-corrected chi connectivity index (χ0v) is 14.2. The number of hydrogen-bond donors (Lipinski definition) is 1. The molecule has 0 aliphatic heterocycles.